The van der Waals surface area contributed by atoms with Crippen LogP contribution in [-0.2, 0) is 11.2 Å². The highest BCUT2D eigenvalue weighted by Crippen LogP contribution is 2.08. The van der Waals surface area contributed by atoms with Gasteiger partial charge in [0.25, 0.3) is 0 Å². The highest BCUT2D eigenvalue weighted by molar-refractivity contribution is 5.72. The lowest BCUT2D eigenvalue weighted by atomic mass is 10.1. The largest absolute Gasteiger partial charge is 0.872 e. The van der Waals surface area contributed by atoms with Gasteiger partial charge in [-0.2, -0.15) is 0 Å². The average Bonchev–Trinajstić information content (AvgIpc) is 2.08. The molecule has 1 aromatic rings. The first kappa shape index (κ1) is 9.54. The summed E-state index contributed by atoms with van der Waals surface area (Å²) in [7, 11) is 0. The molecule has 0 aliphatic rings. The predicted octanol–water partition coefficient (Wildman–Crippen LogP) is -0.252. The van der Waals surface area contributed by atoms with Gasteiger partial charge in [-0.25, -0.2) is 4.79 Å². The van der Waals surface area contributed by atoms with Crippen LogP contribution in [0.3, 0.4) is 0 Å². The molecule has 0 radical (unpaired) electrons. The van der Waals surface area contributed by atoms with Gasteiger partial charge >= 0.3 is 5.97 Å². The fourth-order valence-corrected chi connectivity index (χ4v) is 0.936. The Kier molecular flexibility index (Phi) is 2.87. The van der Waals surface area contributed by atoms with Crippen molar-refractivity contribution < 1.29 is 20.1 Å². The molecule has 4 nitrogen and oxygen atoms in total. The molecule has 1 rings (SSSR count). The first-order valence-electron chi connectivity index (χ1n) is 3.76. The van der Waals surface area contributed by atoms with E-state index in [9.17, 15) is 9.90 Å². The number of rotatable bonds is 3. The van der Waals surface area contributed by atoms with Gasteiger partial charge in [-0.3, -0.25) is 0 Å². The van der Waals surface area contributed by atoms with E-state index in [2.05, 4.69) is 0 Å². The summed E-state index contributed by atoms with van der Waals surface area (Å²) < 4.78 is 0. The molecule has 0 unspecified atom stereocenters. The van der Waals surface area contributed by atoms with Crippen LogP contribution in [0, 0.1) is 0 Å². The first-order valence-corrected chi connectivity index (χ1v) is 3.76. The number of hydrogen-bond acceptors (Lipinski definition) is 3. The van der Waals surface area contributed by atoms with Crippen molar-refractivity contribution >= 4 is 5.97 Å². The van der Waals surface area contributed by atoms with Gasteiger partial charge in [-0.15, -0.1) is 5.75 Å². The van der Waals surface area contributed by atoms with Crippen molar-refractivity contribution in [2.75, 3.05) is 0 Å². The average molecular weight is 181 g/mol. The predicted molar refractivity (Wildman–Crippen MR) is 43.2 cm³/mol. The molecule has 4 heteroatoms. The highest BCUT2D eigenvalue weighted by atomic mass is 16.4. The molecule has 0 aliphatic heterocycles. The minimum Gasteiger partial charge on any atom is -0.872 e. The molecule has 70 valence electrons. The zero-order valence-corrected chi connectivity index (χ0v) is 6.80. The van der Waals surface area contributed by atoms with Crippen LogP contribution in [0.15, 0.2) is 24.3 Å². The Bertz CT molecular complexity index is 291. The Balaban J connectivity index is 2.64. The molecule has 0 saturated heterocycles. The second-order valence-corrected chi connectivity index (χ2v) is 2.70. The number of carboxylic acids is 1. The third-order valence-electron chi connectivity index (χ3n) is 1.64. The number of benzene rings is 1. The molecule has 2 N–H and O–H groups in total. The van der Waals surface area contributed by atoms with Crippen molar-refractivity contribution in [3.63, 3.8) is 0 Å². The Morgan fingerprint density at radius 1 is 1.38 bits per heavy atom. The van der Waals surface area contributed by atoms with E-state index < -0.39 is 12.1 Å². The smallest absolute Gasteiger partial charge is 0.332 e. The van der Waals surface area contributed by atoms with Crippen LogP contribution in [0.4, 0.5) is 0 Å². The van der Waals surface area contributed by atoms with E-state index in [1.54, 1.807) is 0 Å². The summed E-state index contributed by atoms with van der Waals surface area (Å²) in [6.45, 7) is 0. The van der Waals surface area contributed by atoms with Gasteiger partial charge in [-0.05, 0) is 5.56 Å². The topological polar surface area (TPSA) is 80.6 Å². The summed E-state index contributed by atoms with van der Waals surface area (Å²) in [6, 6.07) is 5.69. The van der Waals surface area contributed by atoms with Crippen LogP contribution < -0.4 is 5.11 Å². The number of carboxylic acid groups (broad SMARTS) is 1. The fourth-order valence-electron chi connectivity index (χ4n) is 0.936. The molecule has 0 aromatic heterocycles. The lowest BCUT2D eigenvalue weighted by Crippen LogP contribution is -2.21. The SMILES string of the molecule is O=C(O)[C@H](O)Cc1ccc([O-])cc1. The quantitative estimate of drug-likeness (QED) is 0.673. The molecule has 13 heavy (non-hydrogen) atoms. The first-order chi connectivity index (χ1) is 6.09. The fraction of sp³-hybridized carbons (Fsp3) is 0.222. The van der Waals surface area contributed by atoms with E-state index in [0.29, 0.717) is 5.56 Å². The van der Waals surface area contributed by atoms with E-state index in [1.165, 1.54) is 24.3 Å². The molecule has 0 saturated carbocycles. The van der Waals surface area contributed by atoms with Crippen molar-refractivity contribution in [1.29, 1.82) is 0 Å². The Hall–Kier alpha value is -1.55. The molecule has 0 amide bonds. The van der Waals surface area contributed by atoms with Crippen molar-refractivity contribution in [2.45, 2.75) is 12.5 Å². The van der Waals surface area contributed by atoms with Crippen LogP contribution in [-0.4, -0.2) is 22.3 Å². The number of carbonyl (C=O) groups is 1. The molecule has 0 heterocycles. The maximum atomic E-state index is 10.7. The Labute approximate surface area is 75.1 Å². The zero-order valence-electron chi connectivity index (χ0n) is 6.80. The minimum absolute atomic E-state index is 0.0234. The molecule has 0 fully saturated rings. The van der Waals surface area contributed by atoms with Crippen molar-refractivity contribution in [3.05, 3.63) is 29.8 Å². The van der Waals surface area contributed by atoms with Crippen LogP contribution in [0.5, 0.6) is 5.75 Å². The minimum atomic E-state index is -1.41. The van der Waals surface area contributed by atoms with Crippen molar-refractivity contribution in [3.8, 4) is 5.75 Å². The van der Waals surface area contributed by atoms with Gasteiger partial charge in [0.05, 0.1) is 0 Å². The van der Waals surface area contributed by atoms with E-state index in [-0.39, 0.29) is 12.2 Å². The second-order valence-electron chi connectivity index (χ2n) is 2.70. The molecular formula is C9H9O4-. The van der Waals surface area contributed by atoms with Crippen LogP contribution in [0.25, 0.3) is 0 Å². The summed E-state index contributed by atoms with van der Waals surface area (Å²) in [5.41, 5.74) is 0.634. The standard InChI is InChI=1S/C9H10O4/c10-7-3-1-6(2-4-7)5-8(11)9(12)13/h1-4,8,10-11H,5H2,(H,12,13)/p-1/t8-/m1/s1. The summed E-state index contributed by atoms with van der Waals surface area (Å²) >= 11 is 0. The molecular weight excluding hydrogens is 172 g/mol. The Morgan fingerprint density at radius 3 is 2.38 bits per heavy atom. The number of aliphatic hydroxyl groups is 1. The normalized spacial score (nSPS) is 12.4. The van der Waals surface area contributed by atoms with Crippen molar-refractivity contribution in [2.24, 2.45) is 0 Å². The van der Waals surface area contributed by atoms with Gasteiger partial charge in [0.15, 0.2) is 6.10 Å². The number of aliphatic hydroxyl groups excluding tert-OH is 1. The lowest BCUT2D eigenvalue weighted by Gasteiger charge is -2.08. The number of aliphatic carboxylic acids is 1. The van der Waals surface area contributed by atoms with Crippen LogP contribution in [0.1, 0.15) is 5.56 Å². The van der Waals surface area contributed by atoms with Crippen molar-refractivity contribution in [1.82, 2.24) is 0 Å². The van der Waals surface area contributed by atoms with Gasteiger partial charge in [0.1, 0.15) is 0 Å². The van der Waals surface area contributed by atoms with Gasteiger partial charge in [0, 0.05) is 6.42 Å². The highest BCUT2D eigenvalue weighted by Gasteiger charge is 2.12. The third-order valence-corrected chi connectivity index (χ3v) is 1.64. The Morgan fingerprint density at radius 2 is 1.92 bits per heavy atom. The lowest BCUT2D eigenvalue weighted by molar-refractivity contribution is -0.268. The van der Waals surface area contributed by atoms with E-state index in [4.69, 9.17) is 10.2 Å². The molecule has 1 aromatic carbocycles. The summed E-state index contributed by atoms with van der Waals surface area (Å²) in [6.07, 6.45) is -1.38. The monoisotopic (exact) mass is 181 g/mol. The van der Waals surface area contributed by atoms with E-state index in [1.807, 2.05) is 0 Å². The second kappa shape index (κ2) is 3.91. The van der Waals surface area contributed by atoms with Gasteiger partial charge in [-0.1, -0.05) is 24.3 Å². The summed E-state index contributed by atoms with van der Waals surface area (Å²) in [5, 5.41) is 28.0. The van der Waals surface area contributed by atoms with Gasteiger partial charge in [0.2, 0.25) is 0 Å². The molecule has 0 bridgehead atoms. The molecule has 1 atom stereocenters. The van der Waals surface area contributed by atoms with Crippen LogP contribution in [0.2, 0.25) is 0 Å². The maximum Gasteiger partial charge on any atom is 0.332 e. The summed E-state index contributed by atoms with van der Waals surface area (Å²) in [4.78, 5) is 10.3. The van der Waals surface area contributed by atoms with E-state index in [0.717, 1.165) is 0 Å². The third kappa shape index (κ3) is 2.76. The molecule has 0 aliphatic carbocycles. The molecule has 0 spiro atoms. The van der Waals surface area contributed by atoms with E-state index >= 15 is 0 Å². The van der Waals surface area contributed by atoms with Crippen LogP contribution >= 0.6 is 0 Å². The summed E-state index contributed by atoms with van der Waals surface area (Å²) in [5.74, 6) is -1.39. The number of hydrogen-bond donors (Lipinski definition) is 2. The zero-order chi connectivity index (χ0) is 9.84. The van der Waals surface area contributed by atoms with Gasteiger partial charge < -0.3 is 15.3 Å². The maximum absolute atomic E-state index is 10.7.